The zero-order chi connectivity index (χ0) is 9.84. The van der Waals surface area contributed by atoms with Gasteiger partial charge in [-0.05, 0) is 13.3 Å². The highest BCUT2D eigenvalue weighted by molar-refractivity contribution is 5.72. The van der Waals surface area contributed by atoms with Crippen molar-refractivity contribution in [2.75, 3.05) is 19.7 Å². The third-order valence-corrected chi connectivity index (χ3v) is 2.53. The van der Waals surface area contributed by atoms with Crippen LogP contribution in [-0.4, -0.2) is 47.8 Å². The summed E-state index contributed by atoms with van der Waals surface area (Å²) in [5, 5.41) is 8.81. The largest absolute Gasteiger partial charge is 0.480 e. The van der Waals surface area contributed by atoms with Crippen LogP contribution in [0.2, 0.25) is 0 Å². The van der Waals surface area contributed by atoms with Crippen LogP contribution in [0.1, 0.15) is 20.3 Å². The van der Waals surface area contributed by atoms with E-state index in [0.29, 0.717) is 6.61 Å². The van der Waals surface area contributed by atoms with Crippen molar-refractivity contribution in [2.45, 2.75) is 32.4 Å². The maximum absolute atomic E-state index is 10.7. The summed E-state index contributed by atoms with van der Waals surface area (Å²) in [6, 6.07) is -0.391. The van der Waals surface area contributed by atoms with E-state index < -0.39 is 12.0 Å². The lowest BCUT2D eigenvalue weighted by molar-refractivity contribution is -0.145. The monoisotopic (exact) mass is 187 g/mol. The molecule has 4 heteroatoms. The lowest BCUT2D eigenvalue weighted by Gasteiger charge is -2.34. The molecule has 0 saturated carbocycles. The summed E-state index contributed by atoms with van der Waals surface area (Å²) < 4.78 is 5.45. The second kappa shape index (κ2) is 4.58. The summed E-state index contributed by atoms with van der Waals surface area (Å²) in [7, 11) is 0. The first-order valence-electron chi connectivity index (χ1n) is 4.73. The first-order valence-corrected chi connectivity index (χ1v) is 4.73. The van der Waals surface area contributed by atoms with Gasteiger partial charge in [-0.1, -0.05) is 6.92 Å². The van der Waals surface area contributed by atoms with Crippen LogP contribution in [0.25, 0.3) is 0 Å². The van der Waals surface area contributed by atoms with Gasteiger partial charge in [0.05, 0.1) is 12.7 Å². The van der Waals surface area contributed by atoms with Crippen LogP contribution < -0.4 is 0 Å². The van der Waals surface area contributed by atoms with Crippen molar-refractivity contribution < 1.29 is 14.6 Å². The average molecular weight is 187 g/mol. The van der Waals surface area contributed by atoms with E-state index in [-0.39, 0.29) is 6.10 Å². The van der Waals surface area contributed by atoms with Gasteiger partial charge in [0.15, 0.2) is 0 Å². The number of carbonyl (C=O) groups is 1. The zero-order valence-corrected chi connectivity index (χ0v) is 8.19. The molecule has 0 bridgehead atoms. The van der Waals surface area contributed by atoms with Crippen LogP contribution in [0.5, 0.6) is 0 Å². The van der Waals surface area contributed by atoms with Gasteiger partial charge in [0.1, 0.15) is 6.04 Å². The van der Waals surface area contributed by atoms with Crippen LogP contribution in [0, 0.1) is 0 Å². The summed E-state index contributed by atoms with van der Waals surface area (Å²) >= 11 is 0. The molecule has 1 fully saturated rings. The van der Waals surface area contributed by atoms with E-state index >= 15 is 0 Å². The van der Waals surface area contributed by atoms with Crippen molar-refractivity contribution in [1.29, 1.82) is 0 Å². The molecule has 1 heterocycles. The van der Waals surface area contributed by atoms with Crippen molar-refractivity contribution in [2.24, 2.45) is 0 Å². The van der Waals surface area contributed by atoms with Crippen LogP contribution in [0.3, 0.4) is 0 Å². The van der Waals surface area contributed by atoms with E-state index in [0.717, 1.165) is 19.5 Å². The summed E-state index contributed by atoms with van der Waals surface area (Å²) in [5.41, 5.74) is 0. The summed E-state index contributed by atoms with van der Waals surface area (Å²) in [6.45, 7) is 5.89. The Balaban J connectivity index is 2.46. The summed E-state index contributed by atoms with van der Waals surface area (Å²) in [5.74, 6) is -0.753. The Labute approximate surface area is 78.5 Å². The molecule has 0 spiro atoms. The Morgan fingerprint density at radius 3 is 3.00 bits per heavy atom. The summed E-state index contributed by atoms with van der Waals surface area (Å²) in [4.78, 5) is 12.7. The third kappa shape index (κ3) is 2.67. The molecule has 0 radical (unpaired) electrons. The first-order chi connectivity index (χ1) is 6.15. The lowest BCUT2D eigenvalue weighted by atomic mass is 10.2. The molecule has 1 aliphatic heterocycles. The average Bonchev–Trinajstić information content (AvgIpc) is 2.16. The minimum atomic E-state index is -0.753. The Morgan fingerprint density at radius 1 is 1.77 bits per heavy atom. The fourth-order valence-corrected chi connectivity index (χ4v) is 1.50. The number of hydrogen-bond acceptors (Lipinski definition) is 3. The standard InChI is InChI=1S/C9H17NO3/c1-3-8-6-10(4-5-13-8)7(2)9(11)12/h7-8H,3-6H2,1-2H3,(H,11,12). The van der Waals surface area contributed by atoms with Crippen molar-refractivity contribution >= 4 is 5.97 Å². The topological polar surface area (TPSA) is 49.8 Å². The van der Waals surface area contributed by atoms with Gasteiger partial charge in [-0.3, -0.25) is 9.69 Å². The molecule has 2 unspecified atom stereocenters. The van der Waals surface area contributed by atoms with Gasteiger partial charge in [0.2, 0.25) is 0 Å². The van der Waals surface area contributed by atoms with Crippen molar-refractivity contribution in [3.63, 3.8) is 0 Å². The Kier molecular flexibility index (Phi) is 3.69. The number of carboxylic acid groups (broad SMARTS) is 1. The summed E-state index contributed by atoms with van der Waals surface area (Å²) in [6.07, 6.45) is 1.15. The number of rotatable bonds is 3. The minimum absolute atomic E-state index is 0.204. The molecule has 0 aromatic rings. The highest BCUT2D eigenvalue weighted by Gasteiger charge is 2.26. The molecular weight excluding hydrogens is 170 g/mol. The normalized spacial score (nSPS) is 27.1. The fraction of sp³-hybridized carbons (Fsp3) is 0.889. The fourth-order valence-electron chi connectivity index (χ4n) is 1.50. The maximum atomic E-state index is 10.7. The minimum Gasteiger partial charge on any atom is -0.480 e. The van der Waals surface area contributed by atoms with Crippen molar-refractivity contribution in [1.82, 2.24) is 4.90 Å². The Morgan fingerprint density at radius 2 is 2.46 bits per heavy atom. The number of hydrogen-bond donors (Lipinski definition) is 1. The number of morpholine rings is 1. The van der Waals surface area contributed by atoms with E-state index in [9.17, 15) is 4.79 Å². The van der Waals surface area contributed by atoms with Gasteiger partial charge in [-0.2, -0.15) is 0 Å². The predicted molar refractivity (Wildman–Crippen MR) is 48.7 cm³/mol. The quantitative estimate of drug-likeness (QED) is 0.701. The zero-order valence-electron chi connectivity index (χ0n) is 8.19. The number of nitrogens with zero attached hydrogens (tertiary/aromatic N) is 1. The van der Waals surface area contributed by atoms with Crippen LogP contribution >= 0.6 is 0 Å². The van der Waals surface area contributed by atoms with Crippen LogP contribution in [0.15, 0.2) is 0 Å². The van der Waals surface area contributed by atoms with Crippen LogP contribution in [0.4, 0.5) is 0 Å². The van der Waals surface area contributed by atoms with Gasteiger partial charge in [-0.25, -0.2) is 0 Å². The van der Waals surface area contributed by atoms with Crippen LogP contribution in [-0.2, 0) is 9.53 Å². The molecule has 2 atom stereocenters. The second-order valence-corrected chi connectivity index (χ2v) is 3.41. The smallest absolute Gasteiger partial charge is 0.320 e. The SMILES string of the molecule is CCC1CN(C(C)C(=O)O)CCO1. The van der Waals surface area contributed by atoms with E-state index in [1.807, 2.05) is 4.90 Å². The highest BCUT2D eigenvalue weighted by atomic mass is 16.5. The molecule has 1 aliphatic rings. The van der Waals surface area contributed by atoms with E-state index in [1.165, 1.54) is 0 Å². The number of carboxylic acids is 1. The van der Waals surface area contributed by atoms with Gasteiger partial charge >= 0.3 is 5.97 Å². The second-order valence-electron chi connectivity index (χ2n) is 3.41. The molecule has 0 aromatic carbocycles. The van der Waals surface area contributed by atoms with E-state index in [2.05, 4.69) is 6.92 Å². The molecular formula is C9H17NO3. The molecule has 4 nitrogen and oxygen atoms in total. The van der Waals surface area contributed by atoms with Crippen molar-refractivity contribution in [3.8, 4) is 0 Å². The maximum Gasteiger partial charge on any atom is 0.320 e. The van der Waals surface area contributed by atoms with E-state index in [1.54, 1.807) is 6.92 Å². The van der Waals surface area contributed by atoms with Gasteiger partial charge in [0, 0.05) is 13.1 Å². The molecule has 0 amide bonds. The molecule has 1 rings (SSSR count). The Bertz CT molecular complexity index is 184. The molecule has 0 aliphatic carbocycles. The van der Waals surface area contributed by atoms with Crippen molar-refractivity contribution in [3.05, 3.63) is 0 Å². The van der Waals surface area contributed by atoms with Gasteiger partial charge in [0.25, 0.3) is 0 Å². The first kappa shape index (κ1) is 10.5. The van der Waals surface area contributed by atoms with E-state index in [4.69, 9.17) is 9.84 Å². The number of aliphatic carboxylic acids is 1. The predicted octanol–water partition coefficient (Wildman–Crippen LogP) is 0.570. The molecule has 1 saturated heterocycles. The molecule has 0 aromatic heterocycles. The third-order valence-electron chi connectivity index (χ3n) is 2.53. The molecule has 1 N–H and O–H groups in total. The number of ether oxygens (including phenoxy) is 1. The Hall–Kier alpha value is -0.610. The lowest BCUT2D eigenvalue weighted by Crippen LogP contribution is -2.49. The molecule has 13 heavy (non-hydrogen) atoms. The highest BCUT2D eigenvalue weighted by Crippen LogP contribution is 2.11. The molecule has 76 valence electrons. The van der Waals surface area contributed by atoms with Gasteiger partial charge < -0.3 is 9.84 Å². The van der Waals surface area contributed by atoms with Gasteiger partial charge in [-0.15, -0.1) is 0 Å².